The molecule has 1 aliphatic rings. The van der Waals surface area contributed by atoms with E-state index in [1.807, 2.05) is 13.8 Å². The van der Waals surface area contributed by atoms with E-state index >= 15 is 0 Å². The van der Waals surface area contributed by atoms with Gasteiger partial charge in [0.25, 0.3) is 5.91 Å². The lowest BCUT2D eigenvalue weighted by molar-refractivity contribution is -0.115. The van der Waals surface area contributed by atoms with Gasteiger partial charge < -0.3 is 14.8 Å². The largest absolute Gasteiger partial charge is 0.509 e. The fourth-order valence-electron chi connectivity index (χ4n) is 2.78. The molecule has 1 aliphatic heterocycles. The van der Waals surface area contributed by atoms with E-state index in [2.05, 4.69) is 5.32 Å². The highest BCUT2D eigenvalue weighted by Crippen LogP contribution is 2.32. The van der Waals surface area contributed by atoms with Crippen molar-refractivity contribution >= 4 is 22.4 Å². The molecule has 1 aromatic heterocycles. The molecule has 0 unspecified atom stereocenters. The molecular formula is C17H17NO4. The highest BCUT2D eigenvalue weighted by molar-refractivity contribution is 6.25. The number of hydrogen-bond donors (Lipinski definition) is 2. The van der Waals surface area contributed by atoms with E-state index in [1.165, 1.54) is 6.07 Å². The third kappa shape index (κ3) is 2.19. The fraction of sp³-hybridized carbons (Fsp3) is 0.294. The Morgan fingerprint density at radius 1 is 1.32 bits per heavy atom. The van der Waals surface area contributed by atoms with Crippen LogP contribution in [0.25, 0.3) is 16.5 Å². The van der Waals surface area contributed by atoms with Crippen molar-refractivity contribution in [2.45, 2.75) is 26.3 Å². The van der Waals surface area contributed by atoms with Crippen LogP contribution in [0.15, 0.2) is 45.3 Å². The number of benzene rings is 1. The van der Waals surface area contributed by atoms with Gasteiger partial charge in [0.1, 0.15) is 11.3 Å². The molecule has 1 amide bonds. The number of carbonyl (C=O) groups is 1. The minimum atomic E-state index is -0.547. The summed E-state index contributed by atoms with van der Waals surface area (Å²) in [7, 11) is 0. The van der Waals surface area contributed by atoms with Gasteiger partial charge in [0.05, 0.1) is 11.6 Å². The molecule has 2 atom stereocenters. The highest BCUT2D eigenvalue weighted by Gasteiger charge is 2.36. The van der Waals surface area contributed by atoms with Crippen LogP contribution in [0, 0.1) is 5.92 Å². The molecule has 5 heteroatoms. The van der Waals surface area contributed by atoms with Crippen LogP contribution in [-0.4, -0.2) is 17.1 Å². The first kappa shape index (κ1) is 14.4. The summed E-state index contributed by atoms with van der Waals surface area (Å²) in [5, 5.41) is 13.9. The quantitative estimate of drug-likeness (QED) is 0.854. The van der Waals surface area contributed by atoms with Gasteiger partial charge in [0.2, 0.25) is 0 Å². The standard InChI is InChI=1S/C17H17NO4/c1-3-9(2)15-16(20)14(17(21)18-15)11-8-13(19)22-12-7-5-4-6-10(11)12/h4-9,15,20H,3H2,1-2H3,(H,18,21)/t9-,15-/m1/s1. The predicted octanol–water partition coefficient (Wildman–Crippen LogP) is 2.61. The van der Waals surface area contributed by atoms with Gasteiger partial charge in [-0.05, 0) is 12.0 Å². The second-order valence-electron chi connectivity index (χ2n) is 5.57. The van der Waals surface area contributed by atoms with Crippen LogP contribution in [0.1, 0.15) is 25.8 Å². The van der Waals surface area contributed by atoms with Crippen molar-refractivity contribution in [2.24, 2.45) is 5.92 Å². The van der Waals surface area contributed by atoms with Crippen LogP contribution in [0.3, 0.4) is 0 Å². The van der Waals surface area contributed by atoms with E-state index in [4.69, 9.17) is 4.42 Å². The van der Waals surface area contributed by atoms with Gasteiger partial charge in [0.15, 0.2) is 0 Å². The van der Waals surface area contributed by atoms with Crippen LogP contribution >= 0.6 is 0 Å². The molecule has 0 fully saturated rings. The summed E-state index contributed by atoms with van der Waals surface area (Å²) in [6.45, 7) is 3.95. The maximum Gasteiger partial charge on any atom is 0.336 e. The van der Waals surface area contributed by atoms with E-state index < -0.39 is 11.7 Å². The van der Waals surface area contributed by atoms with Crippen LogP contribution in [-0.2, 0) is 4.79 Å². The number of nitrogens with one attached hydrogen (secondary N) is 1. The molecule has 0 bridgehead atoms. The lowest BCUT2D eigenvalue weighted by Crippen LogP contribution is -2.34. The van der Waals surface area contributed by atoms with Crippen molar-refractivity contribution in [3.8, 4) is 0 Å². The van der Waals surface area contributed by atoms with Gasteiger partial charge in [-0.1, -0.05) is 38.5 Å². The Kier molecular flexibility index (Phi) is 3.48. The molecule has 2 aromatic rings. The van der Waals surface area contributed by atoms with Crippen molar-refractivity contribution in [3.05, 3.63) is 52.1 Å². The Morgan fingerprint density at radius 3 is 2.77 bits per heavy atom. The van der Waals surface area contributed by atoms with Gasteiger partial charge in [-0.3, -0.25) is 4.79 Å². The number of para-hydroxylation sites is 1. The molecule has 0 saturated heterocycles. The van der Waals surface area contributed by atoms with Crippen molar-refractivity contribution < 1.29 is 14.3 Å². The van der Waals surface area contributed by atoms with E-state index in [0.29, 0.717) is 16.5 Å². The minimum absolute atomic E-state index is 0.00453. The Balaban J connectivity index is 2.24. The number of aliphatic hydroxyl groups is 1. The van der Waals surface area contributed by atoms with Crippen molar-refractivity contribution in [2.75, 3.05) is 0 Å². The zero-order valence-corrected chi connectivity index (χ0v) is 12.4. The number of aliphatic hydroxyl groups excluding tert-OH is 1. The van der Waals surface area contributed by atoms with Crippen molar-refractivity contribution in [3.63, 3.8) is 0 Å². The fourth-order valence-corrected chi connectivity index (χ4v) is 2.78. The smallest absolute Gasteiger partial charge is 0.336 e. The summed E-state index contributed by atoms with van der Waals surface area (Å²) in [5.74, 6) is -0.263. The zero-order chi connectivity index (χ0) is 15.9. The third-order valence-corrected chi connectivity index (χ3v) is 4.20. The second-order valence-corrected chi connectivity index (χ2v) is 5.57. The lowest BCUT2D eigenvalue weighted by Gasteiger charge is -2.17. The first-order chi connectivity index (χ1) is 10.5. The predicted molar refractivity (Wildman–Crippen MR) is 83.4 cm³/mol. The maximum atomic E-state index is 12.3. The maximum absolute atomic E-state index is 12.3. The van der Waals surface area contributed by atoms with E-state index in [1.54, 1.807) is 24.3 Å². The normalized spacial score (nSPS) is 19.5. The molecule has 0 radical (unpaired) electrons. The SMILES string of the molecule is CC[C@@H](C)[C@H]1NC(=O)C(c2cc(=O)oc3ccccc23)=C1O. The van der Waals surface area contributed by atoms with Crippen molar-refractivity contribution in [1.82, 2.24) is 5.32 Å². The molecule has 3 rings (SSSR count). The Labute approximate surface area is 127 Å². The van der Waals surface area contributed by atoms with E-state index in [0.717, 1.165) is 6.42 Å². The molecule has 2 N–H and O–H groups in total. The summed E-state index contributed by atoms with van der Waals surface area (Å²) in [5.41, 5.74) is 0.418. The van der Waals surface area contributed by atoms with Crippen LogP contribution in [0.2, 0.25) is 0 Å². The van der Waals surface area contributed by atoms with Crippen LogP contribution in [0.5, 0.6) is 0 Å². The monoisotopic (exact) mass is 299 g/mol. The van der Waals surface area contributed by atoms with Crippen LogP contribution in [0.4, 0.5) is 0 Å². The van der Waals surface area contributed by atoms with Gasteiger partial charge in [0, 0.05) is 17.0 Å². The summed E-state index contributed by atoms with van der Waals surface area (Å²) < 4.78 is 5.14. The number of hydrogen-bond acceptors (Lipinski definition) is 4. The minimum Gasteiger partial charge on any atom is -0.509 e. The second kappa shape index (κ2) is 5.33. The molecule has 0 aliphatic carbocycles. The third-order valence-electron chi connectivity index (χ3n) is 4.20. The topological polar surface area (TPSA) is 79.5 Å². The molecule has 0 spiro atoms. The number of rotatable bonds is 3. The summed E-state index contributed by atoms with van der Waals surface area (Å²) in [4.78, 5) is 24.1. The summed E-state index contributed by atoms with van der Waals surface area (Å²) in [6.07, 6.45) is 0.819. The number of amides is 1. The molecular weight excluding hydrogens is 282 g/mol. The molecule has 2 heterocycles. The zero-order valence-electron chi connectivity index (χ0n) is 12.4. The average Bonchev–Trinajstić information content (AvgIpc) is 2.80. The van der Waals surface area contributed by atoms with Gasteiger partial charge in [-0.25, -0.2) is 4.79 Å². The first-order valence-corrected chi connectivity index (χ1v) is 7.30. The molecule has 22 heavy (non-hydrogen) atoms. The molecule has 1 aromatic carbocycles. The summed E-state index contributed by atoms with van der Waals surface area (Å²) >= 11 is 0. The highest BCUT2D eigenvalue weighted by atomic mass is 16.4. The number of fused-ring (bicyclic) bond motifs is 1. The first-order valence-electron chi connectivity index (χ1n) is 7.30. The molecule has 114 valence electrons. The average molecular weight is 299 g/mol. The van der Waals surface area contributed by atoms with Crippen LogP contribution < -0.4 is 10.9 Å². The molecule has 0 saturated carbocycles. The Bertz CT molecular complexity index is 834. The van der Waals surface area contributed by atoms with Gasteiger partial charge in [-0.15, -0.1) is 0 Å². The van der Waals surface area contributed by atoms with E-state index in [9.17, 15) is 14.7 Å². The Hall–Kier alpha value is -2.56. The Morgan fingerprint density at radius 2 is 2.05 bits per heavy atom. The van der Waals surface area contributed by atoms with Gasteiger partial charge in [-0.2, -0.15) is 0 Å². The lowest BCUT2D eigenvalue weighted by atomic mass is 9.95. The van der Waals surface area contributed by atoms with Gasteiger partial charge >= 0.3 is 5.63 Å². The summed E-state index contributed by atoms with van der Waals surface area (Å²) in [6, 6.07) is 7.81. The molecule has 5 nitrogen and oxygen atoms in total. The number of carbonyl (C=O) groups excluding carboxylic acids is 1. The van der Waals surface area contributed by atoms with E-state index in [-0.39, 0.29) is 23.2 Å². The van der Waals surface area contributed by atoms with Crippen molar-refractivity contribution in [1.29, 1.82) is 0 Å².